The Kier molecular flexibility index (Phi) is 29.0. The number of hydrogen-bond donors (Lipinski definition) is 0. The Hall–Kier alpha value is -10.5. The average Bonchev–Trinajstić information content (AvgIpc) is 0.779. The molecule has 0 aliphatic heterocycles. The van der Waals surface area contributed by atoms with Gasteiger partial charge < -0.3 is 0 Å². The van der Waals surface area contributed by atoms with Crippen LogP contribution in [-0.4, -0.2) is 4.98 Å². The highest BCUT2D eigenvalue weighted by Crippen LogP contribution is 2.36. The smallest absolute Gasteiger partial charge is 0.0626 e. The Labute approximate surface area is 685 Å². The second kappa shape index (κ2) is 40.1. The second-order valence-corrected chi connectivity index (χ2v) is 37.1. The van der Waals surface area contributed by atoms with Crippen LogP contribution in [0, 0.1) is 0 Å². The molecule has 1 heterocycles. The van der Waals surface area contributed by atoms with Crippen molar-refractivity contribution in [2.75, 3.05) is 0 Å². The summed E-state index contributed by atoms with van der Waals surface area (Å²) in [4.78, 5) is 4.05. The molecule has 0 saturated heterocycles. The monoisotopic (exact) mass is 1480 g/mol. The predicted octanol–water partition coefficient (Wildman–Crippen LogP) is 32.2. The first-order chi connectivity index (χ1) is 54.7. The van der Waals surface area contributed by atoms with E-state index in [9.17, 15) is 0 Å². The molecule has 14 rings (SSSR count). The Morgan fingerprint density at radius 2 is 0.518 bits per heavy atom. The molecule has 0 aliphatic carbocycles. The zero-order valence-corrected chi connectivity index (χ0v) is 72.1. The van der Waals surface area contributed by atoms with E-state index >= 15 is 0 Å². The molecular weight excluding hydrogens is 1350 g/mol. The van der Waals surface area contributed by atoms with E-state index in [2.05, 4.69) is 454 Å². The van der Waals surface area contributed by atoms with E-state index < -0.39 is 5.41 Å². The van der Waals surface area contributed by atoms with Gasteiger partial charge in [-0.25, -0.2) is 0 Å². The van der Waals surface area contributed by atoms with Crippen LogP contribution >= 0.6 is 0 Å². The zero-order chi connectivity index (χ0) is 86.3. The van der Waals surface area contributed by atoms with Gasteiger partial charge >= 0.3 is 0 Å². The Morgan fingerprint density at radius 3 is 0.938 bits per heavy atom. The van der Waals surface area contributed by atoms with Crippen molar-refractivity contribution in [1.82, 2.24) is 4.98 Å². The molecule has 0 amide bonds. The quantitative estimate of drug-likeness (QED) is 0.171. The molecule has 0 aliphatic rings. The fraction of sp³-hybridized carbons (Fsp3) is 0.288. The van der Waals surface area contributed by atoms with E-state index in [0.717, 1.165) is 0 Å². The molecule has 14 aromatic rings. The summed E-state index contributed by atoms with van der Waals surface area (Å²) in [6.45, 7) is 52.5. The Morgan fingerprint density at radius 1 is 0.196 bits per heavy atom. The van der Waals surface area contributed by atoms with E-state index in [4.69, 9.17) is 6.85 Å². The summed E-state index contributed by atoms with van der Waals surface area (Å²) < 4.78 is 37.9. The van der Waals surface area contributed by atoms with Crippen LogP contribution in [0.15, 0.2) is 358 Å². The normalized spacial score (nSPS) is 12.2. The van der Waals surface area contributed by atoms with Gasteiger partial charge in [0.15, 0.2) is 0 Å². The number of hydrogen-bond acceptors (Lipinski definition) is 1. The van der Waals surface area contributed by atoms with Crippen molar-refractivity contribution in [1.29, 1.82) is 0 Å². The molecule has 1 nitrogen and oxygen atoms in total. The molecule has 0 N–H and O–H groups in total. The summed E-state index contributed by atoms with van der Waals surface area (Å²) in [5, 5.41) is 5.36. The first kappa shape index (κ1) is 81.0. The first-order valence-electron chi connectivity index (χ1n) is 42.3. The van der Waals surface area contributed by atoms with Crippen LogP contribution in [0.1, 0.15) is 218 Å². The summed E-state index contributed by atoms with van der Waals surface area (Å²) in [6.07, 6.45) is 3.72. The average molecular weight is 1480 g/mol. The number of fused-ring (bicyclic) bond motifs is 2. The van der Waals surface area contributed by atoms with Gasteiger partial charge in [0, 0.05) is 12.4 Å². The molecule has 0 spiro atoms. The van der Waals surface area contributed by atoms with Crippen molar-refractivity contribution in [2.45, 2.75) is 209 Å². The molecule has 0 atom stereocenters. The van der Waals surface area contributed by atoms with Gasteiger partial charge in [0.05, 0.1) is 6.85 Å². The van der Waals surface area contributed by atoms with Crippen molar-refractivity contribution in [2.24, 2.45) is 0 Å². The summed E-state index contributed by atoms with van der Waals surface area (Å²) in [6, 6.07) is 111. The molecular formula is C111H131N. The third-order valence-corrected chi connectivity index (χ3v) is 19.3. The van der Waals surface area contributed by atoms with Crippen molar-refractivity contribution >= 4 is 21.5 Å². The summed E-state index contributed by atoms with van der Waals surface area (Å²) in [7, 11) is 0. The van der Waals surface area contributed by atoms with E-state index in [1.54, 1.807) is 6.20 Å². The summed E-state index contributed by atoms with van der Waals surface area (Å²) >= 11 is 0. The van der Waals surface area contributed by atoms with E-state index in [1.165, 1.54) is 105 Å². The number of rotatable bonds is 4. The van der Waals surface area contributed by atoms with Gasteiger partial charge in [0.2, 0.25) is 0 Å². The largest absolute Gasteiger partial charge is 0.264 e. The predicted molar refractivity (Wildman–Crippen MR) is 496 cm³/mol. The summed E-state index contributed by atoms with van der Waals surface area (Å²) in [5.74, 6) is 0. The number of benzene rings is 13. The van der Waals surface area contributed by atoms with Gasteiger partial charge in [-0.3, -0.25) is 4.98 Å². The van der Waals surface area contributed by atoms with Crippen LogP contribution in [0.4, 0.5) is 0 Å². The highest BCUT2D eigenvalue weighted by molar-refractivity contribution is 5.87. The lowest BCUT2D eigenvalue weighted by Crippen LogP contribution is -2.11. The van der Waals surface area contributed by atoms with Gasteiger partial charge in [-0.2, -0.15) is 0 Å². The minimum Gasteiger partial charge on any atom is -0.264 e. The minimum atomic E-state index is -0.451. The molecule has 0 saturated carbocycles. The van der Waals surface area contributed by atoms with Gasteiger partial charge in [-0.15, -0.1) is 0 Å². The van der Waals surface area contributed by atoms with Crippen LogP contribution in [0.25, 0.3) is 66.1 Å². The maximum absolute atomic E-state index is 7.72. The lowest BCUT2D eigenvalue weighted by atomic mass is 9.83. The van der Waals surface area contributed by atoms with Crippen LogP contribution in [0.2, 0.25) is 0 Å². The highest BCUT2D eigenvalue weighted by atomic mass is 14.6. The van der Waals surface area contributed by atoms with Gasteiger partial charge in [0.25, 0.3) is 0 Å². The fourth-order valence-electron chi connectivity index (χ4n) is 12.1. The molecule has 112 heavy (non-hydrogen) atoms. The second-order valence-electron chi connectivity index (χ2n) is 37.1. The van der Waals surface area contributed by atoms with E-state index in [-0.39, 0.29) is 62.7 Å². The standard InChI is InChI=1S/C22H22.2C16H18.2C14H16.2C10H14.C9H13N/c1-22(2,3)21-15-19(17-10-6-4-7-11-17)14-20(16-21)18-12-8-5-9-13-18;1-16(2,3)15-11-7-10-14(12-15)13-8-5-4-6-9-13;1-16(2,3)15-11-9-14(10-12-15)13-7-5-4-6-8-13;1-14(2,3)13-10-6-8-11-7-4-5-9-12(11)13;1-14(2,3)13-9-8-11-6-4-5-7-12(11)10-13;2*1-10(2,3)9-7-5-4-6-8-9;1-9(2,3)8-5-4-6-10-7-8/h4-16H,1-3H3;2*4-12H,1-3H3;2*4-10H,1-3H3;2*4-8H,1-3H3;4-7H,1-3H3/i;;;;;4D,5D,6D,7D,8D;;. The van der Waals surface area contributed by atoms with Gasteiger partial charge in [-0.1, -0.05) is 500 Å². The number of aromatic nitrogens is 1. The molecule has 13 aromatic carbocycles. The number of pyridine rings is 1. The molecule has 580 valence electrons. The third kappa shape index (κ3) is 29.0. The lowest BCUT2D eigenvalue weighted by Gasteiger charge is -2.21. The topological polar surface area (TPSA) is 12.9 Å². The van der Waals surface area contributed by atoms with E-state index in [0.29, 0.717) is 11.0 Å². The van der Waals surface area contributed by atoms with Gasteiger partial charge in [-0.05, 0) is 166 Å². The third-order valence-electron chi connectivity index (χ3n) is 19.3. The zero-order valence-electron chi connectivity index (χ0n) is 77.1. The highest BCUT2D eigenvalue weighted by Gasteiger charge is 2.20. The molecule has 0 fully saturated rings. The summed E-state index contributed by atoms with van der Waals surface area (Å²) in [5.41, 5.74) is 21.4. The molecule has 1 heteroatoms. The molecule has 0 radical (unpaired) electrons. The fourth-order valence-corrected chi connectivity index (χ4v) is 12.1. The van der Waals surface area contributed by atoms with Gasteiger partial charge in [0.1, 0.15) is 0 Å². The van der Waals surface area contributed by atoms with Crippen molar-refractivity contribution in [3.05, 3.63) is 403 Å². The Bertz CT molecular complexity index is 5200. The van der Waals surface area contributed by atoms with E-state index in [1.807, 2.05) is 39.1 Å². The van der Waals surface area contributed by atoms with Crippen molar-refractivity contribution in [3.8, 4) is 44.5 Å². The maximum atomic E-state index is 7.72. The Balaban J connectivity index is 0.000000187. The molecule has 0 unspecified atom stereocenters. The lowest BCUT2D eigenvalue weighted by molar-refractivity contribution is 0.587. The van der Waals surface area contributed by atoms with Crippen LogP contribution < -0.4 is 0 Å². The first-order valence-corrected chi connectivity index (χ1v) is 39.8. The van der Waals surface area contributed by atoms with Crippen LogP contribution in [0.5, 0.6) is 0 Å². The van der Waals surface area contributed by atoms with Crippen molar-refractivity contribution in [3.63, 3.8) is 0 Å². The minimum absolute atomic E-state index is 0.103. The number of nitrogens with zero attached hydrogens (tertiary/aromatic N) is 1. The maximum Gasteiger partial charge on any atom is 0.0626 e. The molecule has 0 bridgehead atoms. The van der Waals surface area contributed by atoms with Crippen LogP contribution in [-0.2, 0) is 43.3 Å². The van der Waals surface area contributed by atoms with Crippen LogP contribution in [0.3, 0.4) is 0 Å². The SMILES string of the molecule is CC(C)(C)c1cc(-c2ccccc2)cc(-c2ccccc2)c1.CC(C)(C)c1ccc(-c2ccccc2)cc1.CC(C)(C)c1ccc2ccccc2c1.CC(C)(C)c1cccc(-c2ccccc2)c1.CC(C)(C)c1cccc2ccccc12.CC(C)(C)c1ccccc1.CC(C)(C)c1cccnc1.[2H]c1c([2H])c([2H])c(C(C)(C)C)c([2H])c1[2H]. The molecule has 1 aromatic heterocycles. The van der Waals surface area contributed by atoms with Crippen molar-refractivity contribution < 1.29 is 6.85 Å².